The number of carbonyl (C=O) groups is 1. The zero-order chi connectivity index (χ0) is 12.4. The van der Waals surface area contributed by atoms with Crippen molar-refractivity contribution in [1.82, 2.24) is 5.32 Å². The molecule has 0 spiro atoms. The first-order valence-corrected chi connectivity index (χ1v) is 5.46. The SMILES string of the molecule is CC(=O)NC1=NN(c2ccc(F)cc2)C(C)C1. The van der Waals surface area contributed by atoms with E-state index in [-0.39, 0.29) is 17.8 Å². The third-order valence-corrected chi connectivity index (χ3v) is 2.55. The Kier molecular flexibility index (Phi) is 3.08. The van der Waals surface area contributed by atoms with Crippen molar-refractivity contribution in [3.05, 3.63) is 30.1 Å². The Bertz CT molecular complexity index is 455. The number of amidine groups is 1. The van der Waals surface area contributed by atoms with Crippen LogP contribution < -0.4 is 10.3 Å². The summed E-state index contributed by atoms with van der Waals surface area (Å²) in [6.07, 6.45) is 0.678. The highest BCUT2D eigenvalue weighted by Crippen LogP contribution is 2.23. The lowest BCUT2D eigenvalue weighted by Crippen LogP contribution is -2.27. The first kappa shape index (κ1) is 11.6. The molecule has 5 heteroatoms. The Hall–Kier alpha value is -1.91. The van der Waals surface area contributed by atoms with Crippen LogP contribution >= 0.6 is 0 Å². The van der Waals surface area contributed by atoms with Gasteiger partial charge in [-0.3, -0.25) is 9.80 Å². The first-order chi connectivity index (χ1) is 8.06. The minimum Gasteiger partial charge on any atom is -0.313 e. The molecule has 1 amide bonds. The topological polar surface area (TPSA) is 44.7 Å². The number of carbonyl (C=O) groups excluding carboxylic acids is 1. The van der Waals surface area contributed by atoms with Crippen molar-refractivity contribution in [2.24, 2.45) is 5.10 Å². The van der Waals surface area contributed by atoms with Crippen molar-refractivity contribution in [3.8, 4) is 0 Å². The maximum absolute atomic E-state index is 12.8. The Morgan fingerprint density at radius 1 is 1.47 bits per heavy atom. The van der Waals surface area contributed by atoms with Gasteiger partial charge >= 0.3 is 0 Å². The third-order valence-electron chi connectivity index (χ3n) is 2.55. The molecule has 0 saturated heterocycles. The number of amides is 1. The number of anilines is 1. The number of halogens is 1. The van der Waals surface area contributed by atoms with Gasteiger partial charge in [0.2, 0.25) is 5.91 Å². The van der Waals surface area contributed by atoms with Crippen LogP contribution in [0.3, 0.4) is 0 Å². The van der Waals surface area contributed by atoms with E-state index in [9.17, 15) is 9.18 Å². The van der Waals surface area contributed by atoms with Gasteiger partial charge in [-0.15, -0.1) is 0 Å². The molecule has 1 heterocycles. The van der Waals surface area contributed by atoms with Gasteiger partial charge in [0.05, 0.1) is 11.7 Å². The molecule has 0 radical (unpaired) electrons. The van der Waals surface area contributed by atoms with Crippen LogP contribution in [-0.4, -0.2) is 17.8 Å². The van der Waals surface area contributed by atoms with Gasteiger partial charge in [-0.05, 0) is 31.2 Å². The summed E-state index contributed by atoms with van der Waals surface area (Å²) in [4.78, 5) is 10.9. The largest absolute Gasteiger partial charge is 0.313 e. The molecular formula is C12H14FN3O. The van der Waals surface area contributed by atoms with Crippen LogP contribution in [0.5, 0.6) is 0 Å². The number of hydrogen-bond acceptors (Lipinski definition) is 3. The molecule has 90 valence electrons. The van der Waals surface area contributed by atoms with Crippen molar-refractivity contribution in [3.63, 3.8) is 0 Å². The smallest absolute Gasteiger partial charge is 0.222 e. The van der Waals surface area contributed by atoms with E-state index >= 15 is 0 Å². The molecule has 0 saturated carbocycles. The summed E-state index contributed by atoms with van der Waals surface area (Å²) in [5.74, 6) is 0.248. The van der Waals surface area contributed by atoms with E-state index in [2.05, 4.69) is 10.4 Å². The van der Waals surface area contributed by atoms with Gasteiger partial charge < -0.3 is 5.32 Å². The highest BCUT2D eigenvalue weighted by molar-refractivity contribution is 5.99. The second-order valence-corrected chi connectivity index (χ2v) is 4.10. The van der Waals surface area contributed by atoms with Crippen molar-refractivity contribution in [2.45, 2.75) is 26.3 Å². The van der Waals surface area contributed by atoms with E-state index in [1.165, 1.54) is 19.1 Å². The molecule has 0 bridgehead atoms. The van der Waals surface area contributed by atoms with Crippen LogP contribution in [-0.2, 0) is 4.79 Å². The van der Waals surface area contributed by atoms with E-state index in [1.54, 1.807) is 17.1 Å². The maximum Gasteiger partial charge on any atom is 0.222 e. The third kappa shape index (κ3) is 2.61. The van der Waals surface area contributed by atoms with Gasteiger partial charge in [-0.1, -0.05) is 0 Å². The highest BCUT2D eigenvalue weighted by Gasteiger charge is 2.24. The van der Waals surface area contributed by atoms with E-state index < -0.39 is 0 Å². The van der Waals surface area contributed by atoms with Crippen LogP contribution in [0, 0.1) is 5.82 Å². The molecule has 0 aromatic heterocycles. The average Bonchev–Trinajstić information content (AvgIpc) is 2.59. The van der Waals surface area contributed by atoms with Crippen LogP contribution in [0.25, 0.3) is 0 Å². The molecule has 1 aliphatic rings. The van der Waals surface area contributed by atoms with Crippen LogP contribution in [0.2, 0.25) is 0 Å². The van der Waals surface area contributed by atoms with Crippen molar-refractivity contribution < 1.29 is 9.18 Å². The molecule has 0 fully saturated rings. The summed E-state index contributed by atoms with van der Waals surface area (Å²) >= 11 is 0. The number of rotatable bonds is 1. The highest BCUT2D eigenvalue weighted by atomic mass is 19.1. The fourth-order valence-electron chi connectivity index (χ4n) is 1.82. The molecule has 1 aromatic carbocycles. The zero-order valence-corrected chi connectivity index (χ0v) is 9.77. The normalized spacial score (nSPS) is 19.1. The summed E-state index contributed by atoms with van der Waals surface area (Å²) in [6, 6.07) is 6.29. The molecule has 1 aromatic rings. The van der Waals surface area contributed by atoms with E-state index in [0.717, 1.165) is 5.69 Å². The number of benzene rings is 1. The van der Waals surface area contributed by atoms with Crippen molar-refractivity contribution >= 4 is 17.4 Å². The molecule has 17 heavy (non-hydrogen) atoms. The molecule has 1 N–H and O–H groups in total. The van der Waals surface area contributed by atoms with Crippen molar-refractivity contribution in [2.75, 3.05) is 5.01 Å². The molecule has 1 unspecified atom stereocenters. The Balaban J connectivity index is 2.18. The molecule has 1 atom stereocenters. The summed E-state index contributed by atoms with van der Waals surface area (Å²) < 4.78 is 12.8. The predicted octanol–water partition coefficient (Wildman–Crippen LogP) is 1.87. The van der Waals surface area contributed by atoms with Gasteiger partial charge in [0.15, 0.2) is 0 Å². The predicted molar refractivity (Wildman–Crippen MR) is 64.2 cm³/mol. The summed E-state index contributed by atoms with van der Waals surface area (Å²) in [5.41, 5.74) is 0.819. The Labute approximate surface area is 99.1 Å². The molecule has 2 rings (SSSR count). The lowest BCUT2D eigenvalue weighted by atomic mass is 10.2. The lowest BCUT2D eigenvalue weighted by molar-refractivity contribution is -0.117. The van der Waals surface area contributed by atoms with Crippen LogP contribution in [0.1, 0.15) is 20.3 Å². The van der Waals surface area contributed by atoms with Crippen LogP contribution in [0.4, 0.5) is 10.1 Å². The maximum atomic E-state index is 12.8. The van der Waals surface area contributed by atoms with E-state index in [4.69, 9.17) is 0 Å². The van der Waals surface area contributed by atoms with Gasteiger partial charge in [-0.2, -0.15) is 5.10 Å². The van der Waals surface area contributed by atoms with Gasteiger partial charge in [0, 0.05) is 13.3 Å². The summed E-state index contributed by atoms with van der Waals surface area (Å²) in [7, 11) is 0. The number of nitrogens with zero attached hydrogens (tertiary/aromatic N) is 2. The zero-order valence-electron chi connectivity index (χ0n) is 9.77. The standard InChI is InChI=1S/C12H14FN3O/c1-8-7-12(14-9(2)17)15-16(8)11-5-3-10(13)4-6-11/h3-6,8H,7H2,1-2H3,(H,14,15,17). The number of nitrogens with one attached hydrogen (secondary N) is 1. The monoisotopic (exact) mass is 235 g/mol. The average molecular weight is 235 g/mol. The summed E-state index contributed by atoms with van der Waals surface area (Å²) in [5, 5.41) is 8.77. The quantitative estimate of drug-likeness (QED) is 0.807. The van der Waals surface area contributed by atoms with Crippen LogP contribution in [0.15, 0.2) is 29.4 Å². The van der Waals surface area contributed by atoms with Gasteiger partial charge in [-0.25, -0.2) is 4.39 Å². The first-order valence-electron chi connectivity index (χ1n) is 5.46. The molecule has 4 nitrogen and oxygen atoms in total. The van der Waals surface area contributed by atoms with E-state index in [1.807, 2.05) is 6.92 Å². The molecular weight excluding hydrogens is 221 g/mol. The number of hydrogen-bond donors (Lipinski definition) is 1. The number of hydrazone groups is 1. The minimum absolute atomic E-state index is 0.128. The summed E-state index contributed by atoms with van der Waals surface area (Å²) in [6.45, 7) is 3.45. The second kappa shape index (κ2) is 4.53. The van der Waals surface area contributed by atoms with Gasteiger partial charge in [0.25, 0.3) is 0 Å². The Morgan fingerprint density at radius 3 is 2.71 bits per heavy atom. The second-order valence-electron chi connectivity index (χ2n) is 4.10. The fourth-order valence-corrected chi connectivity index (χ4v) is 1.82. The lowest BCUT2D eigenvalue weighted by Gasteiger charge is -2.19. The Morgan fingerprint density at radius 2 is 2.12 bits per heavy atom. The minimum atomic E-state index is -0.272. The van der Waals surface area contributed by atoms with Crippen molar-refractivity contribution in [1.29, 1.82) is 0 Å². The van der Waals surface area contributed by atoms with Gasteiger partial charge in [0.1, 0.15) is 11.7 Å². The molecule has 0 aliphatic carbocycles. The van der Waals surface area contributed by atoms with E-state index in [0.29, 0.717) is 12.3 Å². The molecule has 1 aliphatic heterocycles. The fraction of sp³-hybridized carbons (Fsp3) is 0.333.